The summed E-state index contributed by atoms with van der Waals surface area (Å²) in [6.07, 6.45) is 3.37. The summed E-state index contributed by atoms with van der Waals surface area (Å²) in [5, 5.41) is 23.6. The van der Waals surface area contributed by atoms with Gasteiger partial charge in [-0.3, -0.25) is 0 Å². The summed E-state index contributed by atoms with van der Waals surface area (Å²) >= 11 is 1.56. The number of hydrogen-bond donors (Lipinski definition) is 2. The summed E-state index contributed by atoms with van der Waals surface area (Å²) in [6.45, 7) is 5.58. The zero-order chi connectivity index (χ0) is 19.8. The number of amides is 2. The Balaban J connectivity index is 1.84. The van der Waals surface area contributed by atoms with Crippen LogP contribution in [0.15, 0.2) is 23.4 Å². The Morgan fingerprint density at radius 1 is 1.41 bits per heavy atom. The summed E-state index contributed by atoms with van der Waals surface area (Å²) in [6, 6.07) is 5.07. The molecule has 0 radical (unpaired) electrons. The molecule has 0 bridgehead atoms. The highest BCUT2D eigenvalue weighted by molar-refractivity contribution is 7.98. The van der Waals surface area contributed by atoms with Crippen molar-refractivity contribution in [2.24, 2.45) is 5.92 Å². The minimum Gasteiger partial charge on any atom is -0.338 e. The average molecular weight is 390 g/mol. The van der Waals surface area contributed by atoms with Crippen LogP contribution in [-0.2, 0) is 13.0 Å². The highest BCUT2D eigenvalue weighted by Crippen LogP contribution is 2.17. The molecule has 0 spiro atoms. The van der Waals surface area contributed by atoms with Crippen LogP contribution in [0.4, 0.5) is 14.9 Å². The standard InChI is InChI=1S/C18H23FN6OS/c1-12(2)11-25-16(23-24-18(25)27-3)5-4-8-21-17(26)22-15-7-6-14(19)9-13(15)10-20/h6-7,9,12H,4-5,8,11H2,1-3H3,(H2,21,22,26). The van der Waals surface area contributed by atoms with E-state index in [4.69, 9.17) is 5.26 Å². The topological polar surface area (TPSA) is 95.6 Å². The first kappa shape index (κ1) is 20.7. The Morgan fingerprint density at radius 3 is 2.85 bits per heavy atom. The van der Waals surface area contributed by atoms with E-state index in [9.17, 15) is 9.18 Å². The van der Waals surface area contributed by atoms with Crippen LogP contribution in [0.1, 0.15) is 31.7 Å². The highest BCUT2D eigenvalue weighted by atomic mass is 32.2. The van der Waals surface area contributed by atoms with Crippen molar-refractivity contribution in [3.05, 3.63) is 35.4 Å². The fraction of sp³-hybridized carbons (Fsp3) is 0.444. The van der Waals surface area contributed by atoms with Crippen molar-refractivity contribution in [2.75, 3.05) is 18.1 Å². The number of carbonyl (C=O) groups is 1. The number of benzene rings is 1. The van der Waals surface area contributed by atoms with Crippen LogP contribution >= 0.6 is 11.8 Å². The Kier molecular flexibility index (Phi) is 7.61. The lowest BCUT2D eigenvalue weighted by atomic mass is 10.2. The number of urea groups is 1. The monoisotopic (exact) mass is 390 g/mol. The molecule has 27 heavy (non-hydrogen) atoms. The van der Waals surface area contributed by atoms with E-state index in [1.165, 1.54) is 12.1 Å². The number of nitrogens with zero attached hydrogens (tertiary/aromatic N) is 4. The Labute approximate surface area is 162 Å². The number of hydrogen-bond acceptors (Lipinski definition) is 5. The number of anilines is 1. The molecule has 1 heterocycles. The van der Waals surface area contributed by atoms with Gasteiger partial charge in [-0.1, -0.05) is 25.6 Å². The molecule has 2 aromatic rings. The maximum atomic E-state index is 13.1. The SMILES string of the molecule is CSc1nnc(CCCNC(=O)Nc2ccc(F)cc2C#N)n1CC(C)C. The van der Waals surface area contributed by atoms with Crippen molar-refractivity contribution >= 4 is 23.5 Å². The van der Waals surface area contributed by atoms with Gasteiger partial charge < -0.3 is 15.2 Å². The van der Waals surface area contributed by atoms with E-state index in [1.54, 1.807) is 11.8 Å². The summed E-state index contributed by atoms with van der Waals surface area (Å²) < 4.78 is 15.2. The molecule has 2 N–H and O–H groups in total. The lowest BCUT2D eigenvalue weighted by Crippen LogP contribution is -2.30. The van der Waals surface area contributed by atoms with Crippen molar-refractivity contribution in [1.82, 2.24) is 20.1 Å². The fourth-order valence-electron chi connectivity index (χ4n) is 2.54. The molecule has 7 nitrogen and oxygen atoms in total. The van der Waals surface area contributed by atoms with Gasteiger partial charge in [0.05, 0.1) is 11.3 Å². The highest BCUT2D eigenvalue weighted by Gasteiger charge is 2.13. The van der Waals surface area contributed by atoms with Crippen LogP contribution < -0.4 is 10.6 Å². The van der Waals surface area contributed by atoms with Crippen molar-refractivity contribution in [3.63, 3.8) is 0 Å². The lowest BCUT2D eigenvalue weighted by Gasteiger charge is -2.12. The first-order chi connectivity index (χ1) is 12.9. The average Bonchev–Trinajstić information content (AvgIpc) is 3.01. The van der Waals surface area contributed by atoms with Gasteiger partial charge in [-0.05, 0) is 36.8 Å². The van der Waals surface area contributed by atoms with Crippen LogP contribution in [-0.4, -0.2) is 33.6 Å². The molecule has 1 aromatic carbocycles. The minimum atomic E-state index is -0.521. The van der Waals surface area contributed by atoms with E-state index >= 15 is 0 Å². The predicted octanol–water partition coefficient (Wildman–Crippen LogP) is 3.42. The number of aromatic nitrogens is 3. The van der Waals surface area contributed by atoms with Crippen molar-refractivity contribution < 1.29 is 9.18 Å². The van der Waals surface area contributed by atoms with Gasteiger partial charge in [0.15, 0.2) is 5.16 Å². The quantitative estimate of drug-likeness (QED) is 0.532. The van der Waals surface area contributed by atoms with Crippen molar-refractivity contribution in [1.29, 1.82) is 5.26 Å². The Hall–Kier alpha value is -2.60. The zero-order valence-corrected chi connectivity index (χ0v) is 16.4. The zero-order valence-electron chi connectivity index (χ0n) is 15.6. The molecule has 0 saturated carbocycles. The van der Waals surface area contributed by atoms with Crippen LogP contribution in [0.3, 0.4) is 0 Å². The molecular formula is C18H23FN6OS. The van der Waals surface area contributed by atoms with Gasteiger partial charge in [0.1, 0.15) is 17.7 Å². The Bertz CT molecular complexity index is 830. The van der Waals surface area contributed by atoms with Crippen LogP contribution in [0.25, 0.3) is 0 Å². The van der Waals surface area contributed by atoms with Crippen LogP contribution in [0, 0.1) is 23.1 Å². The summed E-state index contributed by atoms with van der Waals surface area (Å²) in [7, 11) is 0. The molecule has 144 valence electrons. The van der Waals surface area contributed by atoms with Gasteiger partial charge in [-0.25, -0.2) is 9.18 Å². The number of nitriles is 1. The largest absolute Gasteiger partial charge is 0.338 e. The second-order valence-corrected chi connectivity index (χ2v) is 7.17. The minimum absolute atomic E-state index is 0.0801. The number of carbonyl (C=O) groups excluding carboxylic acids is 1. The van der Waals surface area contributed by atoms with Gasteiger partial charge in [0.25, 0.3) is 0 Å². The van der Waals surface area contributed by atoms with Gasteiger partial charge in [-0.15, -0.1) is 10.2 Å². The number of nitrogens with one attached hydrogen (secondary N) is 2. The molecule has 0 aliphatic rings. The maximum Gasteiger partial charge on any atom is 0.319 e. The molecule has 2 amide bonds. The smallest absolute Gasteiger partial charge is 0.319 e. The van der Waals surface area contributed by atoms with Gasteiger partial charge in [0, 0.05) is 19.5 Å². The van der Waals surface area contributed by atoms with Crippen molar-refractivity contribution in [3.8, 4) is 6.07 Å². The van der Waals surface area contributed by atoms with E-state index in [1.807, 2.05) is 12.3 Å². The predicted molar refractivity (Wildman–Crippen MR) is 103 cm³/mol. The third kappa shape index (κ3) is 5.96. The molecule has 0 aliphatic carbocycles. The van der Waals surface area contributed by atoms with Crippen LogP contribution in [0.5, 0.6) is 0 Å². The summed E-state index contributed by atoms with van der Waals surface area (Å²) in [4.78, 5) is 12.0. The molecule has 0 saturated heterocycles. The molecule has 0 atom stereocenters. The van der Waals surface area contributed by atoms with E-state index in [0.29, 0.717) is 25.3 Å². The number of aryl methyl sites for hydroxylation is 1. The summed E-state index contributed by atoms with van der Waals surface area (Å²) in [5.41, 5.74) is 0.356. The van der Waals surface area contributed by atoms with E-state index in [-0.39, 0.29) is 11.3 Å². The van der Waals surface area contributed by atoms with Gasteiger partial charge in [-0.2, -0.15) is 5.26 Å². The van der Waals surface area contributed by atoms with Gasteiger partial charge in [0.2, 0.25) is 0 Å². The number of rotatable bonds is 8. The number of halogens is 1. The van der Waals surface area contributed by atoms with Crippen LogP contribution in [0.2, 0.25) is 0 Å². The molecule has 0 fully saturated rings. The molecule has 9 heteroatoms. The first-order valence-electron chi connectivity index (χ1n) is 8.65. The first-order valence-corrected chi connectivity index (χ1v) is 9.87. The van der Waals surface area contributed by atoms with E-state index < -0.39 is 11.8 Å². The molecule has 0 aliphatic heterocycles. The maximum absolute atomic E-state index is 13.1. The normalized spacial score (nSPS) is 10.7. The molecule has 1 aromatic heterocycles. The molecule has 0 unspecified atom stereocenters. The number of thioether (sulfide) groups is 1. The second-order valence-electron chi connectivity index (χ2n) is 6.39. The van der Waals surface area contributed by atoms with Gasteiger partial charge >= 0.3 is 6.03 Å². The van der Waals surface area contributed by atoms with Crippen molar-refractivity contribution in [2.45, 2.75) is 38.4 Å². The molecular weight excluding hydrogens is 367 g/mol. The molecule has 2 rings (SSSR count). The second kappa shape index (κ2) is 9.92. The van der Waals surface area contributed by atoms with E-state index in [2.05, 4.69) is 39.2 Å². The van der Waals surface area contributed by atoms with E-state index in [0.717, 1.165) is 23.6 Å². The fourth-order valence-corrected chi connectivity index (χ4v) is 3.06. The lowest BCUT2D eigenvalue weighted by molar-refractivity contribution is 0.252. The summed E-state index contributed by atoms with van der Waals surface area (Å²) in [5.74, 6) is 0.868. The third-order valence-electron chi connectivity index (χ3n) is 3.74. The Morgan fingerprint density at radius 2 is 2.19 bits per heavy atom. The third-order valence-corrected chi connectivity index (χ3v) is 4.40.